The van der Waals surface area contributed by atoms with Crippen molar-refractivity contribution in [2.45, 2.75) is 19.3 Å². The minimum atomic E-state index is -2.55. The molecule has 0 radical (unpaired) electrons. The highest BCUT2D eigenvalue weighted by molar-refractivity contribution is 7.81. The molecular formula is C25H22Cl2N4O3S2. The molecule has 4 rings (SSSR count). The predicted molar refractivity (Wildman–Crippen MR) is 146 cm³/mol. The van der Waals surface area contributed by atoms with Crippen molar-refractivity contribution in [3.8, 4) is 0 Å². The Labute approximate surface area is 225 Å². The number of nitrogens with one attached hydrogen (secondary N) is 1. The van der Waals surface area contributed by atoms with E-state index in [1.165, 1.54) is 12.1 Å². The molecule has 7 nitrogen and oxygen atoms in total. The number of carbonyl (C=O) groups is 1. The van der Waals surface area contributed by atoms with E-state index in [4.69, 9.17) is 23.2 Å². The fourth-order valence-electron chi connectivity index (χ4n) is 3.64. The van der Waals surface area contributed by atoms with Gasteiger partial charge in [-0.3, -0.25) is 9.35 Å². The van der Waals surface area contributed by atoms with Crippen LogP contribution in [-0.4, -0.2) is 30.0 Å². The molecular weight excluding hydrogens is 539 g/mol. The molecule has 1 amide bonds. The molecule has 2 N–H and O–H groups in total. The zero-order valence-electron chi connectivity index (χ0n) is 19.1. The number of rotatable bonds is 9. The summed E-state index contributed by atoms with van der Waals surface area (Å²) in [5, 5.41) is 3.85. The van der Waals surface area contributed by atoms with Crippen LogP contribution in [0.5, 0.6) is 0 Å². The lowest BCUT2D eigenvalue weighted by molar-refractivity contribution is 0.0952. The van der Waals surface area contributed by atoms with Gasteiger partial charge in [0.15, 0.2) is 5.82 Å². The van der Waals surface area contributed by atoms with Crippen LogP contribution < -0.4 is 9.62 Å². The summed E-state index contributed by atoms with van der Waals surface area (Å²) in [6.07, 6.45) is 0.404. The van der Waals surface area contributed by atoms with E-state index in [9.17, 15) is 13.6 Å². The molecule has 0 bridgehead atoms. The minimum absolute atomic E-state index is 0.0188. The molecule has 11 heteroatoms. The fourth-order valence-corrected chi connectivity index (χ4v) is 5.15. The third-order valence-electron chi connectivity index (χ3n) is 5.53. The van der Waals surface area contributed by atoms with Crippen LogP contribution in [-0.2, 0) is 17.7 Å². The van der Waals surface area contributed by atoms with Crippen LogP contribution in [0.25, 0.3) is 0 Å². The molecule has 0 saturated heterocycles. The fraction of sp³-hybridized carbons (Fsp3) is 0.160. The Morgan fingerprint density at radius 3 is 2.44 bits per heavy atom. The van der Waals surface area contributed by atoms with Crippen molar-refractivity contribution in [3.05, 3.63) is 105 Å². The van der Waals surface area contributed by atoms with Crippen molar-refractivity contribution in [2.24, 2.45) is 0 Å². The second kappa shape index (κ2) is 11.9. The summed E-state index contributed by atoms with van der Waals surface area (Å²) in [6, 6.07) is 21.6. The summed E-state index contributed by atoms with van der Waals surface area (Å²) in [7, 11) is 0. The molecule has 1 aromatic heterocycles. The maximum Gasteiger partial charge on any atom is 0.268 e. The Hall–Kier alpha value is -2.82. The molecule has 0 aliphatic carbocycles. The lowest BCUT2D eigenvalue weighted by atomic mass is 10.0. The van der Waals surface area contributed by atoms with Crippen LogP contribution in [0.15, 0.2) is 72.8 Å². The van der Waals surface area contributed by atoms with Gasteiger partial charge in [0.1, 0.15) is 5.69 Å². The van der Waals surface area contributed by atoms with E-state index < -0.39 is 17.2 Å². The van der Waals surface area contributed by atoms with E-state index in [0.29, 0.717) is 28.7 Å². The van der Waals surface area contributed by atoms with Gasteiger partial charge in [0.2, 0.25) is 0 Å². The molecule has 0 fully saturated rings. The highest BCUT2D eigenvalue weighted by Crippen LogP contribution is 2.34. The van der Waals surface area contributed by atoms with Gasteiger partial charge < -0.3 is 5.32 Å². The Morgan fingerprint density at radius 2 is 1.75 bits per heavy atom. The normalized spacial score (nSPS) is 12.7. The zero-order valence-corrected chi connectivity index (χ0v) is 22.2. The van der Waals surface area contributed by atoms with Gasteiger partial charge in [0.25, 0.3) is 17.2 Å². The van der Waals surface area contributed by atoms with Crippen molar-refractivity contribution >= 4 is 63.6 Å². The van der Waals surface area contributed by atoms with Crippen molar-refractivity contribution in [1.82, 2.24) is 14.1 Å². The average molecular weight is 562 g/mol. The Kier molecular flexibility index (Phi) is 8.71. The van der Waals surface area contributed by atoms with Gasteiger partial charge in [-0.1, -0.05) is 72.6 Å². The van der Waals surface area contributed by atoms with E-state index in [1.54, 1.807) is 18.2 Å². The van der Waals surface area contributed by atoms with Crippen molar-refractivity contribution in [3.63, 3.8) is 0 Å². The molecule has 3 aromatic carbocycles. The van der Waals surface area contributed by atoms with Gasteiger partial charge >= 0.3 is 0 Å². The third kappa shape index (κ3) is 6.29. The van der Waals surface area contributed by atoms with E-state index in [-0.39, 0.29) is 23.0 Å². The van der Waals surface area contributed by atoms with Crippen LogP contribution >= 0.6 is 34.9 Å². The second-order valence-corrected chi connectivity index (χ2v) is 10.3. The van der Waals surface area contributed by atoms with Crippen LogP contribution in [0, 0.1) is 0 Å². The predicted octanol–water partition coefficient (Wildman–Crippen LogP) is 6.24. The molecule has 1 heterocycles. The van der Waals surface area contributed by atoms with Gasteiger partial charge in [-0.2, -0.15) is 8.75 Å². The van der Waals surface area contributed by atoms with Crippen LogP contribution in [0.3, 0.4) is 0 Å². The van der Waals surface area contributed by atoms with Crippen LogP contribution in [0.4, 0.5) is 11.5 Å². The first kappa shape index (κ1) is 26.2. The number of halogens is 2. The number of nitrogens with zero attached hydrogens (tertiary/aromatic N) is 3. The molecule has 186 valence electrons. The van der Waals surface area contributed by atoms with Crippen LogP contribution in [0.2, 0.25) is 10.0 Å². The number of benzene rings is 3. The molecule has 0 saturated carbocycles. The Balaban J connectivity index is 1.62. The highest BCUT2D eigenvalue weighted by atomic mass is 35.5. The molecule has 0 aliphatic heterocycles. The Bertz CT molecular complexity index is 1370. The molecule has 0 aliphatic rings. The van der Waals surface area contributed by atoms with Gasteiger partial charge in [-0.15, -0.1) is 0 Å². The molecule has 4 aromatic rings. The average Bonchev–Trinajstić information content (AvgIpc) is 3.30. The van der Waals surface area contributed by atoms with Crippen molar-refractivity contribution in [1.29, 1.82) is 0 Å². The first-order valence-corrected chi connectivity index (χ1v) is 13.5. The van der Waals surface area contributed by atoms with Gasteiger partial charge in [-0.25, -0.2) is 8.51 Å². The number of amides is 1. The number of aromatic nitrogens is 2. The maximum atomic E-state index is 13.2. The van der Waals surface area contributed by atoms with E-state index in [0.717, 1.165) is 27.2 Å². The third-order valence-corrected chi connectivity index (χ3v) is 7.26. The first-order chi connectivity index (χ1) is 17.3. The SMILES string of the molecule is CC(CNC(=O)c1ccc(Cl)cc1N(c1nsnc1Cc1ccccc1)S(=O)O)c1ccc(Cl)cc1. The smallest absolute Gasteiger partial charge is 0.268 e. The summed E-state index contributed by atoms with van der Waals surface area (Å²) in [5.74, 6) is -0.202. The summed E-state index contributed by atoms with van der Waals surface area (Å²) in [6.45, 7) is 2.33. The number of anilines is 2. The number of hydrogen-bond donors (Lipinski definition) is 2. The summed E-state index contributed by atoms with van der Waals surface area (Å²) >= 11 is 10.6. The van der Waals surface area contributed by atoms with Gasteiger partial charge in [-0.05, 0) is 47.4 Å². The molecule has 36 heavy (non-hydrogen) atoms. The largest absolute Gasteiger partial charge is 0.351 e. The van der Waals surface area contributed by atoms with E-state index in [2.05, 4.69) is 14.1 Å². The number of hydrogen-bond acceptors (Lipinski definition) is 5. The van der Waals surface area contributed by atoms with Crippen LogP contribution in [0.1, 0.15) is 40.0 Å². The first-order valence-electron chi connectivity index (χ1n) is 10.9. The zero-order chi connectivity index (χ0) is 25.7. The highest BCUT2D eigenvalue weighted by Gasteiger charge is 2.27. The van der Waals surface area contributed by atoms with E-state index >= 15 is 0 Å². The topological polar surface area (TPSA) is 95.4 Å². The monoisotopic (exact) mass is 560 g/mol. The molecule has 2 unspecified atom stereocenters. The van der Waals surface area contributed by atoms with Gasteiger partial charge in [0, 0.05) is 23.0 Å². The second-order valence-electron chi connectivity index (χ2n) is 8.05. The minimum Gasteiger partial charge on any atom is -0.351 e. The molecule has 0 spiro atoms. The lowest BCUT2D eigenvalue weighted by Crippen LogP contribution is -2.30. The Morgan fingerprint density at radius 1 is 1.06 bits per heavy atom. The van der Waals surface area contributed by atoms with Gasteiger partial charge in [0.05, 0.1) is 23.0 Å². The van der Waals surface area contributed by atoms with E-state index in [1.807, 2.05) is 49.4 Å². The summed E-state index contributed by atoms with van der Waals surface area (Å²) in [4.78, 5) is 13.2. The van der Waals surface area contributed by atoms with Crippen molar-refractivity contribution < 1.29 is 13.6 Å². The lowest BCUT2D eigenvalue weighted by Gasteiger charge is -2.22. The summed E-state index contributed by atoms with van der Waals surface area (Å²) < 4.78 is 32.5. The number of carbonyl (C=O) groups excluding carboxylic acids is 1. The van der Waals surface area contributed by atoms with Crippen molar-refractivity contribution in [2.75, 3.05) is 10.8 Å². The quantitative estimate of drug-likeness (QED) is 0.236. The standard InChI is InChI=1S/C25H22Cl2N4O3S2/c1-16(18-7-9-19(26)10-8-18)15-28-25(32)21-12-11-20(27)14-23(21)31(36(33)34)24-22(29-35-30-24)13-17-5-3-2-4-6-17/h2-12,14,16H,13,15H2,1H3,(H,28,32)(H,33,34). The maximum absolute atomic E-state index is 13.2. The summed E-state index contributed by atoms with van der Waals surface area (Å²) in [5.41, 5.74) is 2.84. The molecule has 2 atom stereocenters.